The third-order valence-corrected chi connectivity index (χ3v) is 2.38. The molecule has 0 aliphatic heterocycles. The Morgan fingerprint density at radius 2 is 2.11 bits per heavy atom. The summed E-state index contributed by atoms with van der Waals surface area (Å²) in [5.74, 6) is 1.86. The lowest BCUT2D eigenvalue weighted by Crippen LogP contribution is -2.42. The van der Waals surface area contributed by atoms with Gasteiger partial charge < -0.3 is 5.32 Å². The van der Waals surface area contributed by atoms with Crippen molar-refractivity contribution < 1.29 is 9.72 Å². The zero-order chi connectivity index (χ0) is 13.9. The number of carbonyl (C=O) groups excluding carboxylic acids is 1. The van der Waals surface area contributed by atoms with Gasteiger partial charge in [0.25, 0.3) is 11.6 Å². The van der Waals surface area contributed by atoms with Crippen molar-refractivity contribution >= 4 is 11.6 Å². The van der Waals surface area contributed by atoms with Crippen molar-refractivity contribution in [2.45, 2.75) is 26.3 Å². The maximum absolute atomic E-state index is 12.0. The lowest BCUT2D eigenvalue weighted by atomic mass is 10.0. The van der Waals surface area contributed by atoms with Gasteiger partial charge in [-0.05, 0) is 32.4 Å². The molecule has 0 spiro atoms. The monoisotopic (exact) mass is 246 g/mol. The van der Waals surface area contributed by atoms with Gasteiger partial charge in [0.2, 0.25) is 0 Å². The van der Waals surface area contributed by atoms with Crippen LogP contribution >= 0.6 is 0 Å². The van der Waals surface area contributed by atoms with E-state index in [1.165, 1.54) is 12.1 Å². The van der Waals surface area contributed by atoms with Crippen LogP contribution in [0.2, 0.25) is 0 Å². The Morgan fingerprint density at radius 1 is 1.50 bits per heavy atom. The number of rotatable bonds is 3. The number of nitro benzene ring substituents is 1. The molecule has 0 aliphatic rings. The zero-order valence-corrected chi connectivity index (χ0v) is 10.5. The third-order valence-electron chi connectivity index (χ3n) is 2.38. The highest BCUT2D eigenvalue weighted by atomic mass is 16.6. The summed E-state index contributed by atoms with van der Waals surface area (Å²) in [5.41, 5.74) is -0.298. The molecule has 0 heterocycles. The van der Waals surface area contributed by atoms with E-state index >= 15 is 0 Å². The maximum Gasteiger partial charge on any atom is 0.282 e. The van der Waals surface area contributed by atoms with Crippen LogP contribution in [0.4, 0.5) is 5.69 Å². The van der Waals surface area contributed by atoms with Gasteiger partial charge in [-0.3, -0.25) is 14.9 Å². The molecule has 5 nitrogen and oxygen atoms in total. The minimum Gasteiger partial charge on any atom is -0.336 e. The number of nitrogens with one attached hydrogen (secondary N) is 1. The first-order valence-electron chi connectivity index (χ1n) is 5.32. The normalized spacial score (nSPS) is 10.6. The summed E-state index contributed by atoms with van der Waals surface area (Å²) in [5, 5.41) is 13.4. The van der Waals surface area contributed by atoms with Crippen molar-refractivity contribution in [2.24, 2.45) is 0 Å². The van der Waals surface area contributed by atoms with E-state index in [4.69, 9.17) is 6.42 Å². The first-order chi connectivity index (χ1) is 8.26. The van der Waals surface area contributed by atoms with E-state index < -0.39 is 16.4 Å². The summed E-state index contributed by atoms with van der Waals surface area (Å²) in [6, 6.07) is 4.37. The highest BCUT2D eigenvalue weighted by Crippen LogP contribution is 2.20. The number of carbonyl (C=O) groups is 1. The Labute approximate surface area is 105 Å². The van der Waals surface area contributed by atoms with Crippen molar-refractivity contribution in [1.29, 1.82) is 0 Å². The smallest absolute Gasteiger partial charge is 0.282 e. The van der Waals surface area contributed by atoms with Gasteiger partial charge in [0.1, 0.15) is 5.56 Å². The summed E-state index contributed by atoms with van der Waals surface area (Å²) in [4.78, 5) is 22.3. The summed E-state index contributed by atoms with van der Waals surface area (Å²) >= 11 is 0. The first kappa shape index (κ1) is 13.7. The fourth-order valence-corrected chi connectivity index (χ4v) is 1.38. The van der Waals surface area contributed by atoms with E-state index in [0.29, 0.717) is 0 Å². The lowest BCUT2D eigenvalue weighted by molar-refractivity contribution is -0.385. The van der Waals surface area contributed by atoms with E-state index in [0.717, 1.165) is 5.56 Å². The van der Waals surface area contributed by atoms with Crippen LogP contribution in [0, 0.1) is 29.4 Å². The van der Waals surface area contributed by atoms with Crippen molar-refractivity contribution in [3.05, 3.63) is 39.4 Å². The molecule has 1 amide bonds. The summed E-state index contributed by atoms with van der Waals surface area (Å²) in [6.07, 6.45) is 5.26. The molecular formula is C13H14N2O3. The Balaban J connectivity index is 3.17. The van der Waals surface area contributed by atoms with Gasteiger partial charge in [-0.2, -0.15) is 0 Å². The standard InChI is InChI=1S/C13H14N2O3/c1-5-13(3,4)14-12(16)10-8-9(2)6-7-11(10)15(17)18/h1,6-8H,2-4H3,(H,14,16). The molecule has 1 N–H and O–H groups in total. The highest BCUT2D eigenvalue weighted by molar-refractivity contribution is 5.98. The van der Waals surface area contributed by atoms with Crippen LogP contribution in [-0.4, -0.2) is 16.4 Å². The van der Waals surface area contributed by atoms with E-state index in [1.54, 1.807) is 26.8 Å². The Morgan fingerprint density at radius 3 is 2.61 bits per heavy atom. The molecule has 0 bridgehead atoms. The Bertz CT molecular complexity index is 542. The summed E-state index contributed by atoms with van der Waals surface area (Å²) in [6.45, 7) is 5.05. The number of terminal acetylenes is 1. The van der Waals surface area contributed by atoms with Gasteiger partial charge in [0.15, 0.2) is 0 Å². The quantitative estimate of drug-likeness (QED) is 0.504. The second-order valence-corrected chi connectivity index (χ2v) is 4.50. The predicted molar refractivity (Wildman–Crippen MR) is 68.2 cm³/mol. The average Bonchev–Trinajstić information content (AvgIpc) is 2.28. The van der Waals surface area contributed by atoms with Gasteiger partial charge in [0.05, 0.1) is 10.5 Å². The number of benzene rings is 1. The van der Waals surface area contributed by atoms with Crippen molar-refractivity contribution in [3.63, 3.8) is 0 Å². The second kappa shape index (κ2) is 4.88. The molecule has 0 radical (unpaired) electrons. The molecule has 0 unspecified atom stereocenters. The van der Waals surface area contributed by atoms with Crippen LogP contribution in [0.3, 0.4) is 0 Å². The molecule has 0 aliphatic carbocycles. The Kier molecular flexibility index (Phi) is 3.72. The molecular weight excluding hydrogens is 232 g/mol. The number of hydrogen-bond donors (Lipinski definition) is 1. The molecule has 0 saturated carbocycles. The van der Waals surface area contributed by atoms with Crippen LogP contribution in [0.5, 0.6) is 0 Å². The molecule has 1 rings (SSSR count). The van der Waals surface area contributed by atoms with E-state index in [9.17, 15) is 14.9 Å². The Hall–Kier alpha value is -2.35. The number of aryl methyl sites for hydroxylation is 1. The lowest BCUT2D eigenvalue weighted by Gasteiger charge is -2.19. The molecule has 0 atom stereocenters. The fourth-order valence-electron chi connectivity index (χ4n) is 1.38. The predicted octanol–water partition coefficient (Wildman–Crippen LogP) is 2.04. The molecule has 1 aromatic rings. The molecule has 18 heavy (non-hydrogen) atoms. The van der Waals surface area contributed by atoms with Crippen molar-refractivity contribution in [2.75, 3.05) is 0 Å². The summed E-state index contributed by atoms with van der Waals surface area (Å²) < 4.78 is 0. The van der Waals surface area contributed by atoms with Gasteiger partial charge in [-0.1, -0.05) is 12.0 Å². The van der Waals surface area contributed by atoms with Crippen molar-refractivity contribution in [3.8, 4) is 12.3 Å². The number of nitro groups is 1. The van der Waals surface area contributed by atoms with Gasteiger partial charge in [-0.15, -0.1) is 6.42 Å². The van der Waals surface area contributed by atoms with Crippen LogP contribution < -0.4 is 5.32 Å². The van der Waals surface area contributed by atoms with Gasteiger partial charge in [0, 0.05) is 6.07 Å². The number of nitrogens with zero attached hydrogens (tertiary/aromatic N) is 1. The molecule has 0 fully saturated rings. The fraction of sp³-hybridized carbons (Fsp3) is 0.308. The topological polar surface area (TPSA) is 72.2 Å². The van der Waals surface area contributed by atoms with Gasteiger partial charge in [-0.25, -0.2) is 0 Å². The zero-order valence-electron chi connectivity index (χ0n) is 10.5. The third kappa shape index (κ3) is 3.08. The van der Waals surface area contributed by atoms with Crippen LogP contribution in [0.15, 0.2) is 18.2 Å². The number of amides is 1. The number of hydrogen-bond acceptors (Lipinski definition) is 3. The average molecular weight is 246 g/mol. The van der Waals surface area contributed by atoms with E-state index in [-0.39, 0.29) is 11.3 Å². The van der Waals surface area contributed by atoms with Crippen LogP contribution in [0.25, 0.3) is 0 Å². The molecule has 0 aromatic heterocycles. The largest absolute Gasteiger partial charge is 0.336 e. The summed E-state index contributed by atoms with van der Waals surface area (Å²) in [7, 11) is 0. The molecule has 94 valence electrons. The van der Waals surface area contributed by atoms with E-state index in [2.05, 4.69) is 11.2 Å². The maximum atomic E-state index is 12.0. The molecule has 1 aromatic carbocycles. The minimum absolute atomic E-state index is 0.0170. The highest BCUT2D eigenvalue weighted by Gasteiger charge is 2.24. The van der Waals surface area contributed by atoms with Crippen molar-refractivity contribution in [1.82, 2.24) is 5.32 Å². The van der Waals surface area contributed by atoms with Gasteiger partial charge >= 0.3 is 0 Å². The van der Waals surface area contributed by atoms with E-state index in [1.807, 2.05) is 0 Å². The molecule has 5 heteroatoms. The minimum atomic E-state index is -0.852. The SMILES string of the molecule is C#CC(C)(C)NC(=O)c1cc(C)ccc1[N+](=O)[O-]. The molecule has 0 saturated heterocycles. The first-order valence-corrected chi connectivity index (χ1v) is 5.32. The second-order valence-electron chi connectivity index (χ2n) is 4.50. The van der Waals surface area contributed by atoms with Crippen LogP contribution in [0.1, 0.15) is 29.8 Å². The van der Waals surface area contributed by atoms with Crippen LogP contribution in [-0.2, 0) is 0 Å².